The zero-order valence-electron chi connectivity index (χ0n) is 17.4. The first-order valence-corrected chi connectivity index (χ1v) is 11.2. The molecule has 4 rings (SSSR count). The molecule has 0 bridgehead atoms. The van der Waals surface area contributed by atoms with Crippen LogP contribution in [0, 0.1) is 5.82 Å². The smallest absolute Gasteiger partial charge is 0.141 e. The van der Waals surface area contributed by atoms with E-state index in [1.54, 1.807) is 12.1 Å². The topological polar surface area (TPSA) is 48.8 Å². The first-order chi connectivity index (χ1) is 15.5. The van der Waals surface area contributed by atoms with Crippen molar-refractivity contribution in [2.75, 3.05) is 37.7 Å². The molecule has 0 aliphatic carbocycles. The quantitative estimate of drug-likeness (QED) is 0.523. The van der Waals surface area contributed by atoms with Crippen LogP contribution in [0.1, 0.15) is 17.3 Å². The normalized spacial score (nSPS) is 16.9. The summed E-state index contributed by atoms with van der Waals surface area (Å²) in [5.74, 6) is 0.288. The van der Waals surface area contributed by atoms with Gasteiger partial charge >= 0.3 is 0 Å². The Balaban J connectivity index is 1.58. The van der Waals surface area contributed by atoms with Gasteiger partial charge in [-0.15, -0.1) is 0 Å². The van der Waals surface area contributed by atoms with Crippen LogP contribution in [0.5, 0.6) is 5.75 Å². The molecule has 2 aromatic carbocycles. The highest BCUT2D eigenvalue weighted by atomic mass is 35.5. The van der Waals surface area contributed by atoms with Crippen molar-refractivity contribution in [2.45, 2.75) is 12.6 Å². The summed E-state index contributed by atoms with van der Waals surface area (Å²) in [6.07, 6.45) is 1.25. The molecule has 2 heterocycles. The number of nitrogens with zero attached hydrogens (tertiary/aromatic N) is 3. The van der Waals surface area contributed by atoms with Crippen molar-refractivity contribution in [3.8, 4) is 5.75 Å². The fourth-order valence-electron chi connectivity index (χ4n) is 3.94. The second-order valence-electron chi connectivity index (χ2n) is 7.65. The van der Waals surface area contributed by atoms with Gasteiger partial charge in [-0.2, -0.15) is 0 Å². The molecule has 0 spiro atoms. The van der Waals surface area contributed by atoms with E-state index >= 15 is 0 Å². The first kappa shape index (κ1) is 22.8. The molecular formula is C24H24Cl2FN3O2. The number of hydrogen-bond donors (Lipinski definition) is 1. The molecule has 1 saturated heterocycles. The fourth-order valence-corrected chi connectivity index (χ4v) is 4.35. The van der Waals surface area contributed by atoms with Gasteiger partial charge in [-0.25, -0.2) is 4.39 Å². The number of piperazine rings is 1. The van der Waals surface area contributed by atoms with Crippen molar-refractivity contribution in [1.82, 2.24) is 9.88 Å². The van der Waals surface area contributed by atoms with Gasteiger partial charge in [0, 0.05) is 37.3 Å². The van der Waals surface area contributed by atoms with E-state index in [-0.39, 0.29) is 25.1 Å². The van der Waals surface area contributed by atoms with Crippen LogP contribution in [0.2, 0.25) is 10.0 Å². The Hall–Kier alpha value is -2.38. The van der Waals surface area contributed by atoms with Crippen LogP contribution in [0.25, 0.3) is 0 Å². The van der Waals surface area contributed by atoms with Crippen molar-refractivity contribution in [1.29, 1.82) is 0 Å². The van der Waals surface area contributed by atoms with Gasteiger partial charge in [-0.3, -0.25) is 9.88 Å². The lowest BCUT2D eigenvalue weighted by atomic mass is 10.0. The van der Waals surface area contributed by atoms with Gasteiger partial charge in [-0.1, -0.05) is 35.3 Å². The first-order valence-electron chi connectivity index (χ1n) is 10.4. The molecule has 0 amide bonds. The maximum absolute atomic E-state index is 13.2. The van der Waals surface area contributed by atoms with E-state index in [0.29, 0.717) is 22.3 Å². The minimum absolute atomic E-state index is 0.0446. The summed E-state index contributed by atoms with van der Waals surface area (Å²) in [5.41, 5.74) is 2.88. The van der Waals surface area contributed by atoms with Crippen LogP contribution in [-0.4, -0.2) is 47.8 Å². The van der Waals surface area contributed by atoms with Crippen LogP contribution in [-0.2, 0) is 6.54 Å². The lowest BCUT2D eigenvalue weighted by molar-refractivity contribution is 0.201. The van der Waals surface area contributed by atoms with Crippen LogP contribution >= 0.6 is 23.2 Å². The van der Waals surface area contributed by atoms with Crippen molar-refractivity contribution in [3.05, 3.63) is 87.9 Å². The van der Waals surface area contributed by atoms with Crippen LogP contribution < -0.4 is 9.64 Å². The third kappa shape index (κ3) is 5.51. The second kappa shape index (κ2) is 10.5. The van der Waals surface area contributed by atoms with Gasteiger partial charge in [0.2, 0.25) is 0 Å². The van der Waals surface area contributed by atoms with Crippen molar-refractivity contribution < 1.29 is 14.2 Å². The van der Waals surface area contributed by atoms with E-state index < -0.39 is 0 Å². The minimum Gasteiger partial charge on any atom is -0.491 e. The third-order valence-electron chi connectivity index (χ3n) is 5.48. The molecule has 168 valence electrons. The van der Waals surface area contributed by atoms with Gasteiger partial charge in [-0.05, 0) is 42.0 Å². The zero-order chi connectivity index (χ0) is 22.5. The summed E-state index contributed by atoms with van der Waals surface area (Å²) in [6.45, 7) is 3.12. The number of halogens is 3. The monoisotopic (exact) mass is 475 g/mol. The van der Waals surface area contributed by atoms with Crippen molar-refractivity contribution >= 4 is 28.9 Å². The summed E-state index contributed by atoms with van der Waals surface area (Å²) < 4.78 is 18.7. The molecule has 1 fully saturated rings. The standard InChI is InChI=1S/C24H24Cl2FN3O2/c25-18-3-1-17(2-4-18)24-16-29(15-20-6-5-19(27)14-28-20)9-10-30(24)23-8-7-21(13-22(23)26)32-12-11-31/h1-8,13-14,24,31H,9-12,15-16H2/t24-/m0/s1. The number of anilines is 1. The maximum Gasteiger partial charge on any atom is 0.141 e. The number of aliphatic hydroxyl groups is 1. The van der Waals surface area contributed by atoms with E-state index in [9.17, 15) is 4.39 Å². The summed E-state index contributed by atoms with van der Waals surface area (Å²) >= 11 is 12.8. The minimum atomic E-state index is -0.335. The molecule has 1 aliphatic rings. The van der Waals surface area contributed by atoms with E-state index in [4.69, 9.17) is 33.0 Å². The Labute approximate surface area is 197 Å². The largest absolute Gasteiger partial charge is 0.491 e. The van der Waals surface area contributed by atoms with Crippen molar-refractivity contribution in [2.24, 2.45) is 0 Å². The van der Waals surface area contributed by atoms with Gasteiger partial charge in [0.05, 0.1) is 35.2 Å². The molecule has 1 atom stereocenters. The second-order valence-corrected chi connectivity index (χ2v) is 8.49. The van der Waals surface area contributed by atoms with E-state index in [1.165, 1.54) is 12.3 Å². The summed E-state index contributed by atoms with van der Waals surface area (Å²) in [4.78, 5) is 8.80. The summed E-state index contributed by atoms with van der Waals surface area (Å²) in [7, 11) is 0. The van der Waals surface area contributed by atoms with Crippen LogP contribution in [0.4, 0.5) is 10.1 Å². The molecule has 1 aliphatic heterocycles. The Morgan fingerprint density at radius 1 is 1.06 bits per heavy atom. The Morgan fingerprint density at radius 2 is 1.88 bits per heavy atom. The molecule has 0 radical (unpaired) electrons. The van der Waals surface area contributed by atoms with Gasteiger partial charge in [0.1, 0.15) is 18.2 Å². The zero-order valence-corrected chi connectivity index (χ0v) is 18.9. The highest BCUT2D eigenvalue weighted by molar-refractivity contribution is 6.33. The predicted molar refractivity (Wildman–Crippen MR) is 125 cm³/mol. The van der Waals surface area contributed by atoms with E-state index in [1.807, 2.05) is 36.4 Å². The van der Waals surface area contributed by atoms with Gasteiger partial charge in [0.25, 0.3) is 0 Å². The molecular weight excluding hydrogens is 452 g/mol. The average molecular weight is 476 g/mol. The van der Waals surface area contributed by atoms with Gasteiger partial charge < -0.3 is 14.7 Å². The predicted octanol–water partition coefficient (Wildman–Crippen LogP) is 4.96. The summed E-state index contributed by atoms with van der Waals surface area (Å²) in [6, 6.07) is 16.7. The number of aromatic nitrogens is 1. The Morgan fingerprint density at radius 3 is 2.56 bits per heavy atom. The highest BCUT2D eigenvalue weighted by Crippen LogP contribution is 2.37. The number of rotatable bonds is 7. The maximum atomic E-state index is 13.2. The van der Waals surface area contributed by atoms with Crippen molar-refractivity contribution in [3.63, 3.8) is 0 Å². The molecule has 5 nitrogen and oxygen atoms in total. The van der Waals surface area contributed by atoms with Gasteiger partial charge in [0.15, 0.2) is 0 Å². The SMILES string of the molecule is OCCOc1ccc(N2CCN(Cc3ccc(F)cn3)C[C@H]2c2ccc(Cl)cc2)c(Cl)c1. The third-order valence-corrected chi connectivity index (χ3v) is 6.04. The van der Waals surface area contributed by atoms with Crippen LogP contribution in [0.15, 0.2) is 60.8 Å². The fraction of sp³-hybridized carbons (Fsp3) is 0.292. The molecule has 32 heavy (non-hydrogen) atoms. The molecule has 0 saturated carbocycles. The number of pyridine rings is 1. The van der Waals surface area contributed by atoms with E-state index in [2.05, 4.69) is 14.8 Å². The number of ether oxygens (including phenoxy) is 1. The average Bonchev–Trinajstić information content (AvgIpc) is 2.80. The highest BCUT2D eigenvalue weighted by Gasteiger charge is 2.30. The molecule has 1 aromatic heterocycles. The number of benzene rings is 2. The Kier molecular flexibility index (Phi) is 7.48. The van der Waals surface area contributed by atoms with E-state index in [0.717, 1.165) is 36.6 Å². The van der Waals surface area contributed by atoms with Crippen LogP contribution in [0.3, 0.4) is 0 Å². The molecule has 8 heteroatoms. The molecule has 1 N–H and O–H groups in total. The number of hydrogen-bond acceptors (Lipinski definition) is 5. The number of aliphatic hydroxyl groups excluding tert-OH is 1. The summed E-state index contributed by atoms with van der Waals surface area (Å²) in [5, 5.41) is 10.3. The molecule has 3 aromatic rings. The molecule has 0 unspecified atom stereocenters. The lowest BCUT2D eigenvalue weighted by Gasteiger charge is -2.43. The lowest BCUT2D eigenvalue weighted by Crippen LogP contribution is -2.48. The Bertz CT molecular complexity index is 1030.